The molecule has 0 spiro atoms. The molecule has 3 aromatic rings. The van der Waals surface area contributed by atoms with Gasteiger partial charge in [-0.1, -0.05) is 84.6 Å². The summed E-state index contributed by atoms with van der Waals surface area (Å²) in [5.41, 5.74) is 3.16. The zero-order valence-corrected chi connectivity index (χ0v) is 22.2. The van der Waals surface area contributed by atoms with E-state index in [4.69, 9.17) is 11.6 Å². The highest BCUT2D eigenvalue weighted by molar-refractivity contribution is 8.00. The summed E-state index contributed by atoms with van der Waals surface area (Å²) < 4.78 is 0. The molecule has 36 heavy (non-hydrogen) atoms. The minimum atomic E-state index is -0.602. The van der Waals surface area contributed by atoms with E-state index >= 15 is 0 Å². The van der Waals surface area contributed by atoms with Crippen LogP contribution in [-0.2, 0) is 22.6 Å². The molecule has 0 radical (unpaired) electrons. The van der Waals surface area contributed by atoms with Crippen molar-refractivity contribution in [1.82, 2.24) is 10.2 Å². The highest BCUT2D eigenvalue weighted by Gasteiger charge is 2.32. The van der Waals surface area contributed by atoms with Crippen LogP contribution in [-0.4, -0.2) is 34.6 Å². The predicted octanol–water partition coefficient (Wildman–Crippen LogP) is 6.44. The fraction of sp³-hybridized carbons (Fsp3) is 0.333. The van der Waals surface area contributed by atoms with Crippen LogP contribution in [0.5, 0.6) is 0 Å². The third-order valence-electron chi connectivity index (χ3n) is 6.62. The van der Waals surface area contributed by atoms with Crippen LogP contribution in [0.15, 0.2) is 83.8 Å². The van der Waals surface area contributed by atoms with Gasteiger partial charge in [0.05, 0.1) is 5.75 Å². The maximum absolute atomic E-state index is 13.7. The number of rotatable bonds is 10. The number of carbonyl (C=O) groups excluding carboxylic acids is 2. The van der Waals surface area contributed by atoms with E-state index in [9.17, 15) is 9.59 Å². The van der Waals surface area contributed by atoms with Gasteiger partial charge in [0.15, 0.2) is 0 Å². The van der Waals surface area contributed by atoms with Crippen LogP contribution >= 0.6 is 23.4 Å². The maximum Gasteiger partial charge on any atom is 0.243 e. The number of nitrogens with one attached hydrogen (secondary N) is 1. The summed E-state index contributed by atoms with van der Waals surface area (Å²) in [6, 6.07) is 25.2. The Morgan fingerprint density at radius 1 is 0.944 bits per heavy atom. The van der Waals surface area contributed by atoms with Gasteiger partial charge in [-0.2, -0.15) is 0 Å². The maximum atomic E-state index is 13.7. The minimum absolute atomic E-state index is 0.0574. The van der Waals surface area contributed by atoms with Gasteiger partial charge in [0, 0.05) is 28.9 Å². The van der Waals surface area contributed by atoms with E-state index in [1.807, 2.05) is 85.8 Å². The smallest absolute Gasteiger partial charge is 0.243 e. The average molecular weight is 521 g/mol. The lowest BCUT2D eigenvalue weighted by Crippen LogP contribution is -2.52. The molecular formula is C30H33ClN2O2S. The Morgan fingerprint density at radius 3 is 2.28 bits per heavy atom. The number of thioether (sulfide) groups is 1. The largest absolute Gasteiger partial charge is 0.352 e. The zero-order chi connectivity index (χ0) is 25.3. The van der Waals surface area contributed by atoms with Gasteiger partial charge in [-0.05, 0) is 55.2 Å². The molecule has 0 bridgehead atoms. The van der Waals surface area contributed by atoms with Gasteiger partial charge in [0.25, 0.3) is 0 Å². The summed E-state index contributed by atoms with van der Waals surface area (Å²) in [5, 5.41) is 3.89. The lowest BCUT2D eigenvalue weighted by atomic mass is 10.0. The Labute approximate surface area is 223 Å². The summed E-state index contributed by atoms with van der Waals surface area (Å²) in [5.74, 6) is 0.130. The van der Waals surface area contributed by atoms with Gasteiger partial charge in [-0.15, -0.1) is 11.8 Å². The highest BCUT2D eigenvalue weighted by atomic mass is 35.5. The molecule has 2 amide bonds. The third kappa shape index (κ3) is 7.62. The summed E-state index contributed by atoms with van der Waals surface area (Å²) in [4.78, 5) is 30.2. The molecule has 188 valence electrons. The fourth-order valence-corrected chi connectivity index (χ4v) is 5.48. The van der Waals surface area contributed by atoms with Crippen molar-refractivity contribution < 1.29 is 9.59 Å². The Hall–Kier alpha value is -2.76. The van der Waals surface area contributed by atoms with Crippen LogP contribution < -0.4 is 5.32 Å². The zero-order valence-electron chi connectivity index (χ0n) is 20.7. The SMILES string of the molecule is Cc1ccc(SCC(=O)N(Cc2ccc(Cl)cc2)C(Cc2ccccc2)C(=O)NC2CCCC2)cc1. The summed E-state index contributed by atoms with van der Waals surface area (Å²) >= 11 is 7.61. The van der Waals surface area contributed by atoms with E-state index < -0.39 is 6.04 Å². The number of amides is 2. The van der Waals surface area contributed by atoms with Crippen LogP contribution in [0.1, 0.15) is 42.4 Å². The second-order valence-corrected chi connectivity index (χ2v) is 10.9. The molecule has 1 saturated carbocycles. The van der Waals surface area contributed by atoms with Crippen molar-refractivity contribution in [1.29, 1.82) is 0 Å². The number of carbonyl (C=O) groups is 2. The van der Waals surface area contributed by atoms with Crippen molar-refractivity contribution in [3.8, 4) is 0 Å². The van der Waals surface area contributed by atoms with Crippen molar-refractivity contribution in [3.63, 3.8) is 0 Å². The van der Waals surface area contributed by atoms with Gasteiger partial charge < -0.3 is 10.2 Å². The molecule has 4 nitrogen and oxygen atoms in total. The van der Waals surface area contributed by atoms with E-state index in [0.29, 0.717) is 18.0 Å². The molecule has 1 unspecified atom stereocenters. The number of halogens is 1. The van der Waals surface area contributed by atoms with E-state index in [1.165, 1.54) is 17.3 Å². The normalized spacial score (nSPS) is 14.4. The van der Waals surface area contributed by atoms with Gasteiger partial charge >= 0.3 is 0 Å². The molecule has 1 atom stereocenters. The average Bonchev–Trinajstić information content (AvgIpc) is 3.40. The van der Waals surface area contributed by atoms with Crippen LogP contribution in [0.3, 0.4) is 0 Å². The number of benzene rings is 3. The molecule has 0 aliphatic heterocycles. The molecule has 0 aromatic heterocycles. The molecule has 1 aliphatic rings. The quantitative estimate of drug-likeness (QED) is 0.313. The molecule has 3 aromatic carbocycles. The van der Waals surface area contributed by atoms with E-state index in [1.54, 1.807) is 4.90 Å². The summed E-state index contributed by atoms with van der Waals surface area (Å²) in [6.07, 6.45) is 4.73. The second kappa shape index (κ2) is 13.0. The van der Waals surface area contributed by atoms with Crippen LogP contribution in [0.2, 0.25) is 5.02 Å². The summed E-state index contributed by atoms with van der Waals surface area (Å²) in [6.45, 7) is 2.39. The van der Waals surface area contributed by atoms with Crippen molar-refractivity contribution >= 4 is 35.2 Å². The lowest BCUT2D eigenvalue weighted by molar-refractivity contribution is -0.139. The molecular weight excluding hydrogens is 488 g/mol. The predicted molar refractivity (Wildman–Crippen MR) is 148 cm³/mol. The molecule has 0 saturated heterocycles. The van der Waals surface area contributed by atoms with E-state index in [0.717, 1.165) is 41.7 Å². The number of hydrogen-bond acceptors (Lipinski definition) is 3. The first-order valence-electron chi connectivity index (χ1n) is 12.6. The Kier molecular flexibility index (Phi) is 9.48. The van der Waals surface area contributed by atoms with Crippen molar-refractivity contribution in [2.75, 3.05) is 5.75 Å². The first-order valence-corrected chi connectivity index (χ1v) is 13.9. The highest BCUT2D eigenvalue weighted by Crippen LogP contribution is 2.23. The van der Waals surface area contributed by atoms with Crippen molar-refractivity contribution in [3.05, 3.63) is 101 Å². The lowest BCUT2D eigenvalue weighted by Gasteiger charge is -2.32. The van der Waals surface area contributed by atoms with Crippen LogP contribution in [0, 0.1) is 6.92 Å². The molecule has 1 aliphatic carbocycles. The number of nitrogens with zero attached hydrogens (tertiary/aromatic N) is 1. The van der Waals surface area contributed by atoms with E-state index in [2.05, 4.69) is 5.32 Å². The standard InChI is InChI=1S/C30H33ClN2O2S/c1-22-11-17-27(18-12-22)36-21-29(34)33(20-24-13-15-25(31)16-14-24)28(19-23-7-3-2-4-8-23)30(35)32-26-9-5-6-10-26/h2-4,7-8,11-18,26,28H,5-6,9-10,19-21H2,1H3,(H,32,35). The fourth-order valence-electron chi connectivity index (χ4n) is 4.57. The first kappa shape index (κ1) is 26.3. The van der Waals surface area contributed by atoms with Gasteiger partial charge in [0.1, 0.15) is 6.04 Å². The van der Waals surface area contributed by atoms with Crippen molar-refractivity contribution in [2.45, 2.75) is 62.6 Å². The molecule has 6 heteroatoms. The molecule has 4 rings (SSSR count). The Bertz CT molecular complexity index is 1130. The van der Waals surface area contributed by atoms with Crippen LogP contribution in [0.25, 0.3) is 0 Å². The number of hydrogen-bond donors (Lipinski definition) is 1. The van der Waals surface area contributed by atoms with Crippen LogP contribution in [0.4, 0.5) is 0 Å². The van der Waals surface area contributed by atoms with Gasteiger partial charge in [-0.3, -0.25) is 9.59 Å². The first-order chi connectivity index (χ1) is 17.5. The Morgan fingerprint density at radius 2 is 1.61 bits per heavy atom. The minimum Gasteiger partial charge on any atom is -0.352 e. The monoisotopic (exact) mass is 520 g/mol. The van der Waals surface area contributed by atoms with Gasteiger partial charge in [0.2, 0.25) is 11.8 Å². The number of aryl methyl sites for hydroxylation is 1. The molecule has 1 fully saturated rings. The van der Waals surface area contributed by atoms with Gasteiger partial charge in [-0.25, -0.2) is 0 Å². The Balaban J connectivity index is 1.59. The topological polar surface area (TPSA) is 49.4 Å². The second-order valence-electron chi connectivity index (χ2n) is 9.45. The van der Waals surface area contributed by atoms with Crippen molar-refractivity contribution in [2.24, 2.45) is 0 Å². The van der Waals surface area contributed by atoms with E-state index in [-0.39, 0.29) is 23.6 Å². The molecule has 0 heterocycles. The summed E-state index contributed by atoms with van der Waals surface area (Å²) in [7, 11) is 0. The third-order valence-corrected chi connectivity index (χ3v) is 7.87. The molecule has 1 N–H and O–H groups in total.